The molecule has 3 N–H and O–H groups in total. The molecule has 0 spiro atoms. The largest absolute Gasteiger partial charge is 0.347 e. The van der Waals surface area contributed by atoms with Gasteiger partial charge in [-0.25, -0.2) is 9.97 Å². The van der Waals surface area contributed by atoms with E-state index in [0.29, 0.717) is 17.3 Å². The second kappa shape index (κ2) is 6.29. The lowest BCUT2D eigenvalue weighted by Gasteiger charge is -2.23. The Bertz CT molecular complexity index is 666. The summed E-state index contributed by atoms with van der Waals surface area (Å²) in [4.78, 5) is 35.4. The molecule has 2 amide bonds. The SMILES string of the molecule is CC(=O)NC(C)(C)C(=O)NCc1nc(-c2cnccn2)n[nH]1. The summed E-state index contributed by atoms with van der Waals surface area (Å²) in [5.74, 6) is 0.288. The van der Waals surface area contributed by atoms with E-state index in [0.717, 1.165) is 0 Å². The lowest BCUT2D eigenvalue weighted by molar-refractivity contribution is -0.131. The molecule has 0 aliphatic rings. The van der Waals surface area contributed by atoms with Gasteiger partial charge in [-0.2, -0.15) is 5.10 Å². The Kier molecular flexibility index (Phi) is 4.44. The number of aromatic amines is 1. The fourth-order valence-electron chi connectivity index (χ4n) is 1.79. The van der Waals surface area contributed by atoms with Crippen LogP contribution in [0.1, 0.15) is 26.6 Å². The smallest absolute Gasteiger partial charge is 0.245 e. The van der Waals surface area contributed by atoms with Gasteiger partial charge in [0, 0.05) is 19.3 Å². The molecule has 2 aromatic heterocycles. The van der Waals surface area contributed by atoms with Gasteiger partial charge in [-0.15, -0.1) is 0 Å². The summed E-state index contributed by atoms with van der Waals surface area (Å²) in [6, 6.07) is 0. The number of H-pyrrole nitrogens is 1. The first kappa shape index (κ1) is 15.5. The van der Waals surface area contributed by atoms with Crippen LogP contribution >= 0.6 is 0 Å². The molecule has 0 aromatic carbocycles. The Morgan fingerprint density at radius 1 is 1.32 bits per heavy atom. The molecule has 0 fully saturated rings. The van der Waals surface area contributed by atoms with Gasteiger partial charge in [-0.1, -0.05) is 0 Å². The minimum atomic E-state index is -1.00. The predicted molar refractivity (Wildman–Crippen MR) is 77.2 cm³/mol. The Hall–Kier alpha value is -2.84. The van der Waals surface area contributed by atoms with Crippen molar-refractivity contribution in [2.45, 2.75) is 32.9 Å². The van der Waals surface area contributed by atoms with Gasteiger partial charge in [-0.05, 0) is 13.8 Å². The van der Waals surface area contributed by atoms with Crippen LogP contribution in [0.15, 0.2) is 18.6 Å². The van der Waals surface area contributed by atoms with E-state index in [-0.39, 0.29) is 18.4 Å². The summed E-state index contributed by atoms with van der Waals surface area (Å²) in [6.07, 6.45) is 4.65. The van der Waals surface area contributed by atoms with E-state index in [9.17, 15) is 9.59 Å². The van der Waals surface area contributed by atoms with Crippen LogP contribution in [0.5, 0.6) is 0 Å². The number of rotatable bonds is 5. The molecule has 0 aliphatic heterocycles. The van der Waals surface area contributed by atoms with E-state index in [2.05, 4.69) is 35.8 Å². The summed E-state index contributed by atoms with van der Waals surface area (Å²) in [6.45, 7) is 4.76. The number of carbonyl (C=O) groups is 2. The van der Waals surface area contributed by atoms with Crippen LogP contribution in [0.2, 0.25) is 0 Å². The van der Waals surface area contributed by atoms with Crippen LogP contribution in [0.25, 0.3) is 11.5 Å². The van der Waals surface area contributed by atoms with E-state index in [1.807, 2.05) is 0 Å². The highest BCUT2D eigenvalue weighted by atomic mass is 16.2. The van der Waals surface area contributed by atoms with Crippen molar-refractivity contribution < 1.29 is 9.59 Å². The third kappa shape index (κ3) is 3.84. The fraction of sp³-hybridized carbons (Fsp3) is 0.385. The van der Waals surface area contributed by atoms with Crippen LogP contribution in [0.3, 0.4) is 0 Å². The standard InChI is InChI=1S/C13H17N7O2/c1-8(21)18-13(2,3)12(22)16-7-10-17-11(20-19-10)9-6-14-4-5-15-9/h4-6H,7H2,1-3H3,(H,16,22)(H,18,21)(H,17,19,20). The first-order chi connectivity index (χ1) is 10.4. The first-order valence-corrected chi connectivity index (χ1v) is 6.63. The molecule has 0 saturated carbocycles. The quantitative estimate of drug-likeness (QED) is 0.702. The molecule has 9 nitrogen and oxygen atoms in total. The van der Waals surface area contributed by atoms with E-state index in [4.69, 9.17) is 0 Å². The molecule has 116 valence electrons. The fourth-order valence-corrected chi connectivity index (χ4v) is 1.79. The third-order valence-corrected chi connectivity index (χ3v) is 2.80. The van der Waals surface area contributed by atoms with E-state index >= 15 is 0 Å². The Labute approximate surface area is 127 Å². The summed E-state index contributed by atoms with van der Waals surface area (Å²) in [5.41, 5.74) is -0.463. The summed E-state index contributed by atoms with van der Waals surface area (Å²) >= 11 is 0. The monoisotopic (exact) mass is 303 g/mol. The minimum absolute atomic E-state index is 0.162. The topological polar surface area (TPSA) is 126 Å². The zero-order valence-corrected chi connectivity index (χ0v) is 12.5. The minimum Gasteiger partial charge on any atom is -0.347 e. The molecule has 2 rings (SSSR count). The van der Waals surface area contributed by atoms with Crippen molar-refractivity contribution >= 4 is 11.8 Å². The molecule has 22 heavy (non-hydrogen) atoms. The van der Waals surface area contributed by atoms with Gasteiger partial charge >= 0.3 is 0 Å². The Morgan fingerprint density at radius 2 is 2.09 bits per heavy atom. The molecule has 2 heterocycles. The van der Waals surface area contributed by atoms with Gasteiger partial charge in [0.15, 0.2) is 0 Å². The van der Waals surface area contributed by atoms with Crippen molar-refractivity contribution in [3.63, 3.8) is 0 Å². The number of hydrogen-bond acceptors (Lipinski definition) is 6. The van der Waals surface area contributed by atoms with E-state index < -0.39 is 5.54 Å². The molecule has 2 aromatic rings. The lowest BCUT2D eigenvalue weighted by atomic mass is 10.0. The molecule has 0 aliphatic carbocycles. The summed E-state index contributed by atoms with van der Waals surface area (Å²) in [7, 11) is 0. The van der Waals surface area contributed by atoms with Crippen molar-refractivity contribution in [1.29, 1.82) is 0 Å². The van der Waals surface area contributed by atoms with Gasteiger partial charge in [0.05, 0.1) is 12.7 Å². The maximum Gasteiger partial charge on any atom is 0.245 e. The van der Waals surface area contributed by atoms with Crippen LogP contribution in [-0.4, -0.2) is 42.5 Å². The maximum atomic E-state index is 12.0. The van der Waals surface area contributed by atoms with Crippen molar-refractivity contribution in [3.8, 4) is 11.5 Å². The first-order valence-electron chi connectivity index (χ1n) is 6.63. The summed E-state index contributed by atoms with van der Waals surface area (Å²) in [5, 5.41) is 12.0. The zero-order chi connectivity index (χ0) is 16.2. The van der Waals surface area contributed by atoms with Gasteiger partial charge < -0.3 is 10.6 Å². The van der Waals surface area contributed by atoms with Crippen molar-refractivity contribution in [1.82, 2.24) is 35.8 Å². The Morgan fingerprint density at radius 3 is 2.73 bits per heavy atom. The highest BCUT2D eigenvalue weighted by Crippen LogP contribution is 2.09. The summed E-state index contributed by atoms with van der Waals surface area (Å²) < 4.78 is 0. The number of amides is 2. The number of aromatic nitrogens is 5. The molecule has 0 bridgehead atoms. The Balaban J connectivity index is 1.97. The number of hydrogen-bond donors (Lipinski definition) is 3. The molecule has 0 radical (unpaired) electrons. The number of nitrogens with zero attached hydrogens (tertiary/aromatic N) is 4. The lowest BCUT2D eigenvalue weighted by Crippen LogP contribution is -2.54. The average Bonchev–Trinajstić information content (AvgIpc) is 2.93. The second-order valence-corrected chi connectivity index (χ2v) is 5.19. The molecule has 0 atom stereocenters. The molecule has 0 saturated heterocycles. The van der Waals surface area contributed by atoms with Crippen molar-refractivity contribution in [2.75, 3.05) is 0 Å². The number of nitrogens with one attached hydrogen (secondary N) is 3. The maximum absolute atomic E-state index is 12.0. The van der Waals surface area contributed by atoms with Gasteiger partial charge in [0.25, 0.3) is 0 Å². The highest BCUT2D eigenvalue weighted by molar-refractivity contribution is 5.89. The van der Waals surface area contributed by atoms with Gasteiger partial charge in [0.2, 0.25) is 17.6 Å². The van der Waals surface area contributed by atoms with E-state index in [1.54, 1.807) is 32.4 Å². The highest BCUT2D eigenvalue weighted by Gasteiger charge is 2.28. The molecular weight excluding hydrogens is 286 g/mol. The van der Waals surface area contributed by atoms with Crippen molar-refractivity contribution in [2.24, 2.45) is 0 Å². The normalized spacial score (nSPS) is 11.0. The van der Waals surface area contributed by atoms with Gasteiger partial charge in [0.1, 0.15) is 17.1 Å². The van der Waals surface area contributed by atoms with Crippen LogP contribution in [-0.2, 0) is 16.1 Å². The van der Waals surface area contributed by atoms with Crippen LogP contribution in [0, 0.1) is 0 Å². The number of carbonyl (C=O) groups excluding carboxylic acids is 2. The van der Waals surface area contributed by atoms with Gasteiger partial charge in [-0.3, -0.25) is 19.7 Å². The van der Waals surface area contributed by atoms with E-state index in [1.165, 1.54) is 6.92 Å². The molecule has 0 unspecified atom stereocenters. The molecule has 9 heteroatoms. The zero-order valence-electron chi connectivity index (χ0n) is 12.5. The van der Waals surface area contributed by atoms with Crippen molar-refractivity contribution in [3.05, 3.63) is 24.4 Å². The van der Waals surface area contributed by atoms with Crippen LogP contribution < -0.4 is 10.6 Å². The second-order valence-electron chi connectivity index (χ2n) is 5.19. The average molecular weight is 303 g/mol. The predicted octanol–water partition coefficient (Wildman–Crippen LogP) is -0.207. The van der Waals surface area contributed by atoms with Crippen LogP contribution in [0.4, 0.5) is 0 Å². The third-order valence-electron chi connectivity index (χ3n) is 2.80. The molecular formula is C13H17N7O2.